The summed E-state index contributed by atoms with van der Waals surface area (Å²) in [7, 11) is 1.32. The van der Waals surface area contributed by atoms with E-state index < -0.39 is 23.7 Å². The molecule has 0 spiro atoms. The number of nitrogens with zero attached hydrogens (tertiary/aromatic N) is 1. The highest BCUT2D eigenvalue weighted by Crippen LogP contribution is 2.35. The van der Waals surface area contributed by atoms with E-state index in [4.69, 9.17) is 21.1 Å². The third kappa shape index (κ3) is 6.75. The Hall–Kier alpha value is -3.92. The van der Waals surface area contributed by atoms with Crippen LogP contribution in [0.15, 0.2) is 60.7 Å². The highest BCUT2D eigenvalue weighted by Gasteiger charge is 2.32. The monoisotopic (exact) mass is 562 g/mol. The second kappa shape index (κ2) is 11.9. The average molecular weight is 563 g/mol. The molecule has 0 aliphatic carbocycles. The van der Waals surface area contributed by atoms with E-state index >= 15 is 0 Å². The Bertz CT molecular complexity index is 1370. The molecule has 2 N–H and O–H groups in total. The van der Waals surface area contributed by atoms with Crippen molar-refractivity contribution in [1.82, 2.24) is 0 Å². The summed E-state index contributed by atoms with van der Waals surface area (Å²) in [5.41, 5.74) is 0.549. The van der Waals surface area contributed by atoms with Gasteiger partial charge in [-0.05, 0) is 54.8 Å². The first-order valence-corrected chi connectivity index (χ1v) is 12.5. The van der Waals surface area contributed by atoms with Crippen molar-refractivity contribution >= 4 is 34.9 Å². The summed E-state index contributed by atoms with van der Waals surface area (Å²) in [6.07, 6.45) is -2.89. The lowest BCUT2D eigenvalue weighted by molar-refractivity contribution is -0.142. The normalized spacial score (nSPS) is 15.2. The number of phenols is 1. The van der Waals surface area contributed by atoms with Gasteiger partial charge in [0.05, 0.1) is 30.5 Å². The van der Waals surface area contributed by atoms with Crippen LogP contribution in [0.1, 0.15) is 34.3 Å². The topological polar surface area (TPSA) is 88.1 Å². The summed E-state index contributed by atoms with van der Waals surface area (Å²) in [6, 6.07) is 13.5. The van der Waals surface area contributed by atoms with Gasteiger partial charge in [-0.25, -0.2) is 4.79 Å². The van der Waals surface area contributed by atoms with Gasteiger partial charge in [-0.2, -0.15) is 13.2 Å². The van der Waals surface area contributed by atoms with Gasteiger partial charge in [0.2, 0.25) is 0 Å². The molecule has 1 saturated heterocycles. The molecule has 0 saturated carbocycles. The Balaban J connectivity index is 1.59. The SMILES string of the molecule is COC(=O)[C@H]1CCCN1c1ccc(NC(=O)c2cc(Cl)ccc2O)c(OCCc2cccc(C(F)(F)F)c2)c1. The number of anilines is 2. The molecule has 4 rings (SSSR count). The van der Waals surface area contributed by atoms with Crippen LogP contribution >= 0.6 is 11.6 Å². The highest BCUT2D eigenvalue weighted by molar-refractivity contribution is 6.31. The first-order valence-electron chi connectivity index (χ1n) is 12.1. The molecule has 3 aromatic rings. The van der Waals surface area contributed by atoms with E-state index in [1.165, 1.54) is 31.4 Å². The number of carbonyl (C=O) groups excluding carboxylic acids is 2. The second-order valence-electron chi connectivity index (χ2n) is 8.97. The van der Waals surface area contributed by atoms with Gasteiger partial charge >= 0.3 is 12.1 Å². The maximum atomic E-state index is 13.1. The zero-order valence-electron chi connectivity index (χ0n) is 20.9. The molecule has 1 atom stereocenters. The van der Waals surface area contributed by atoms with Gasteiger partial charge in [0.1, 0.15) is 17.5 Å². The Morgan fingerprint density at radius 2 is 1.92 bits per heavy atom. The number of amides is 1. The Morgan fingerprint density at radius 3 is 2.67 bits per heavy atom. The van der Waals surface area contributed by atoms with Gasteiger partial charge in [0.25, 0.3) is 5.91 Å². The number of rotatable bonds is 8. The Morgan fingerprint density at radius 1 is 1.13 bits per heavy atom. The van der Waals surface area contributed by atoms with E-state index in [0.717, 1.165) is 18.6 Å². The standard InChI is InChI=1S/C28H26ClF3N2O5/c1-38-27(37)23-6-3-12-34(23)20-8-9-22(33-26(36)21-15-19(29)7-10-24(21)35)25(16-20)39-13-11-17-4-2-5-18(14-17)28(30,31)32/h2,4-5,7-10,14-16,23,35H,3,6,11-13H2,1H3,(H,33,36)/t23-/m1/s1. The zero-order valence-corrected chi connectivity index (χ0v) is 21.7. The summed E-state index contributed by atoms with van der Waals surface area (Å²) in [5.74, 6) is -1.03. The molecular weight excluding hydrogens is 537 g/mol. The minimum atomic E-state index is -4.46. The lowest BCUT2D eigenvalue weighted by atomic mass is 10.1. The molecule has 7 nitrogen and oxygen atoms in total. The van der Waals surface area contributed by atoms with Crippen molar-refractivity contribution in [1.29, 1.82) is 0 Å². The molecule has 1 aliphatic rings. The van der Waals surface area contributed by atoms with Gasteiger partial charge in [-0.1, -0.05) is 29.8 Å². The van der Waals surface area contributed by atoms with Crippen molar-refractivity contribution in [3.63, 3.8) is 0 Å². The number of aromatic hydroxyl groups is 1. The van der Waals surface area contributed by atoms with Crippen LogP contribution in [0.4, 0.5) is 24.5 Å². The summed E-state index contributed by atoms with van der Waals surface area (Å²) in [6.45, 7) is 0.613. The van der Waals surface area contributed by atoms with E-state index in [2.05, 4.69) is 5.32 Å². The third-order valence-electron chi connectivity index (χ3n) is 6.38. The average Bonchev–Trinajstić information content (AvgIpc) is 3.40. The number of alkyl halides is 3. The second-order valence-corrected chi connectivity index (χ2v) is 9.40. The van der Waals surface area contributed by atoms with Gasteiger partial charge in [0.15, 0.2) is 0 Å². The van der Waals surface area contributed by atoms with Crippen molar-refractivity contribution in [3.05, 3.63) is 82.4 Å². The van der Waals surface area contributed by atoms with Gasteiger partial charge in [-0.15, -0.1) is 0 Å². The van der Waals surface area contributed by atoms with E-state index in [9.17, 15) is 27.9 Å². The minimum absolute atomic E-state index is 0.0104. The molecule has 1 fully saturated rings. The fourth-order valence-electron chi connectivity index (χ4n) is 4.43. The van der Waals surface area contributed by atoms with Crippen molar-refractivity contribution in [2.75, 3.05) is 30.5 Å². The molecule has 3 aromatic carbocycles. The minimum Gasteiger partial charge on any atom is -0.507 e. The number of esters is 1. The number of methoxy groups -OCH3 is 1. The van der Waals surface area contributed by atoms with Crippen LogP contribution in [0, 0.1) is 0 Å². The molecule has 11 heteroatoms. The predicted octanol–water partition coefficient (Wildman–Crippen LogP) is 6.08. The maximum Gasteiger partial charge on any atom is 0.416 e. The number of phenolic OH excluding ortho intramolecular Hbond substituents is 1. The van der Waals surface area contributed by atoms with E-state index in [1.54, 1.807) is 24.3 Å². The molecule has 0 aromatic heterocycles. The van der Waals surface area contributed by atoms with Crippen LogP contribution < -0.4 is 15.0 Å². The molecule has 206 valence electrons. The zero-order chi connectivity index (χ0) is 28.2. The number of hydrogen-bond acceptors (Lipinski definition) is 6. The Kier molecular flexibility index (Phi) is 8.54. The largest absolute Gasteiger partial charge is 0.507 e. The highest BCUT2D eigenvalue weighted by atomic mass is 35.5. The molecule has 1 aliphatic heterocycles. The summed E-state index contributed by atoms with van der Waals surface area (Å²) >= 11 is 5.98. The molecular formula is C28H26ClF3N2O5. The molecule has 0 unspecified atom stereocenters. The van der Waals surface area contributed by atoms with Crippen molar-refractivity contribution < 1.29 is 37.3 Å². The number of carbonyl (C=O) groups is 2. The third-order valence-corrected chi connectivity index (χ3v) is 6.61. The molecule has 1 amide bonds. The lowest BCUT2D eigenvalue weighted by Crippen LogP contribution is -2.36. The summed E-state index contributed by atoms with van der Waals surface area (Å²) in [4.78, 5) is 27.1. The van der Waals surface area contributed by atoms with Gasteiger partial charge < -0.3 is 24.8 Å². The van der Waals surface area contributed by atoms with E-state index in [0.29, 0.717) is 24.2 Å². The molecule has 39 heavy (non-hydrogen) atoms. The van der Waals surface area contributed by atoms with Crippen molar-refractivity contribution in [3.8, 4) is 11.5 Å². The number of benzene rings is 3. The molecule has 0 bridgehead atoms. The summed E-state index contributed by atoms with van der Waals surface area (Å²) in [5, 5.41) is 13.1. The number of halogens is 4. The van der Waals surface area contributed by atoms with Crippen LogP contribution in [0.25, 0.3) is 0 Å². The number of ether oxygens (including phenoxy) is 2. The molecule has 0 radical (unpaired) electrons. The first kappa shape index (κ1) is 28.1. The quantitative estimate of drug-likeness (QED) is 0.324. The smallest absolute Gasteiger partial charge is 0.416 e. The lowest BCUT2D eigenvalue weighted by Gasteiger charge is -2.26. The van der Waals surface area contributed by atoms with Crippen LogP contribution in [0.5, 0.6) is 11.5 Å². The number of nitrogens with one attached hydrogen (secondary N) is 1. The van der Waals surface area contributed by atoms with Gasteiger partial charge in [0, 0.05) is 29.7 Å². The van der Waals surface area contributed by atoms with Crippen molar-refractivity contribution in [2.24, 2.45) is 0 Å². The van der Waals surface area contributed by atoms with Crippen LogP contribution in [-0.2, 0) is 22.1 Å². The Labute approximate surface area is 228 Å². The molecule has 1 heterocycles. The van der Waals surface area contributed by atoms with Crippen LogP contribution in [0.3, 0.4) is 0 Å². The first-order chi connectivity index (χ1) is 18.6. The van der Waals surface area contributed by atoms with Crippen LogP contribution in [-0.4, -0.2) is 43.3 Å². The van der Waals surface area contributed by atoms with E-state index in [-0.39, 0.29) is 46.8 Å². The fourth-order valence-corrected chi connectivity index (χ4v) is 4.60. The number of hydrogen-bond donors (Lipinski definition) is 2. The maximum absolute atomic E-state index is 13.1. The fraction of sp³-hybridized carbons (Fsp3) is 0.286. The van der Waals surface area contributed by atoms with E-state index in [1.807, 2.05) is 4.90 Å². The van der Waals surface area contributed by atoms with Gasteiger partial charge in [-0.3, -0.25) is 4.79 Å². The van der Waals surface area contributed by atoms with Crippen LogP contribution in [0.2, 0.25) is 5.02 Å². The summed E-state index contributed by atoms with van der Waals surface area (Å²) < 4.78 is 50.2. The van der Waals surface area contributed by atoms with Crippen molar-refractivity contribution in [2.45, 2.75) is 31.5 Å². The predicted molar refractivity (Wildman–Crippen MR) is 141 cm³/mol.